The van der Waals surface area contributed by atoms with Crippen LogP contribution < -0.4 is 34.7 Å². The smallest absolute Gasteiger partial charge is 0.850 e. The molecule has 6 rings (SSSR count). The van der Waals surface area contributed by atoms with Crippen LogP contribution in [-0.2, 0) is 0 Å². The van der Waals surface area contributed by atoms with Gasteiger partial charge in [-0.15, -0.1) is 5.60 Å². The Balaban J connectivity index is 0.000000408. The molecule has 0 aromatic heterocycles. The van der Waals surface area contributed by atoms with Crippen LogP contribution in [0.2, 0.25) is 0 Å². The van der Waals surface area contributed by atoms with Crippen molar-refractivity contribution in [3.63, 3.8) is 0 Å². The zero-order valence-electron chi connectivity index (χ0n) is 32.8. The first-order valence-electron chi connectivity index (χ1n) is 17.6. The van der Waals surface area contributed by atoms with E-state index in [0.29, 0.717) is 11.1 Å². The van der Waals surface area contributed by atoms with E-state index in [2.05, 4.69) is 31.9 Å². The van der Waals surface area contributed by atoms with E-state index in [1.807, 2.05) is 152 Å². The molecule has 0 saturated heterocycles. The van der Waals surface area contributed by atoms with Crippen molar-refractivity contribution in [3.05, 3.63) is 195 Å². The normalized spacial score (nSPS) is 9.95. The number of benzene rings is 6. The van der Waals surface area contributed by atoms with Gasteiger partial charge in [-0.2, -0.15) is 0 Å². The Morgan fingerprint density at radius 1 is 0.607 bits per heavy atom. The van der Waals surface area contributed by atoms with E-state index >= 15 is 0 Å². The number of carbonyl (C=O) groups excluding carboxylic acids is 3. The predicted molar refractivity (Wildman–Crippen MR) is 233 cm³/mol. The second-order valence-corrected chi connectivity index (χ2v) is 14.6. The van der Waals surface area contributed by atoms with Gasteiger partial charge in [-0.25, -0.2) is 0 Å². The van der Waals surface area contributed by atoms with Crippen molar-refractivity contribution in [1.29, 1.82) is 0 Å². The first-order chi connectivity index (χ1) is 26.2. The average molecular weight is 887 g/mol. The number of Topliss-reactive ketones (excluding diaryl/α,β-unsaturated/α-hetero) is 1. The van der Waals surface area contributed by atoms with Crippen molar-refractivity contribution in [2.75, 3.05) is 6.61 Å². The molecular weight excluding hydrogens is 839 g/mol. The zero-order chi connectivity index (χ0) is 40.6. The molecule has 0 saturated carbocycles. The molecule has 0 heterocycles. The quantitative estimate of drug-likeness (QED) is 0.0748. The first-order valence-corrected chi connectivity index (χ1v) is 19.1. The third kappa shape index (κ3) is 21.3. The van der Waals surface area contributed by atoms with E-state index < -0.39 is 5.60 Å². The molecule has 5 nitrogen and oxygen atoms in total. The van der Waals surface area contributed by atoms with E-state index in [0.717, 1.165) is 48.6 Å². The van der Waals surface area contributed by atoms with Crippen molar-refractivity contribution < 1.29 is 54.2 Å². The van der Waals surface area contributed by atoms with Crippen LogP contribution in [0.5, 0.6) is 0 Å². The summed E-state index contributed by atoms with van der Waals surface area (Å²) in [4.78, 5) is 33.8. The number of aliphatic hydroxyl groups is 1. The molecule has 0 spiro atoms. The van der Waals surface area contributed by atoms with Crippen LogP contribution in [-0.4, -0.2) is 35.2 Å². The summed E-state index contributed by atoms with van der Waals surface area (Å²) in [6.45, 7) is 8.41. The molecule has 0 radical (unpaired) electrons. The molecule has 0 atom stereocenters. The number of ketones is 2. The summed E-state index contributed by atoms with van der Waals surface area (Å²) in [5.74, 6) is 0.107. The molecule has 0 aliphatic heterocycles. The minimum Gasteiger partial charge on any atom is -0.850 e. The second-order valence-electron chi connectivity index (χ2n) is 12.8. The maximum atomic E-state index is 12.4. The fourth-order valence-corrected chi connectivity index (χ4v) is 5.32. The summed E-state index contributed by atoms with van der Waals surface area (Å²) in [5.41, 5.74) is 6.78. The topological polar surface area (TPSA) is 94.5 Å². The Labute approximate surface area is 371 Å². The molecule has 0 fully saturated rings. The van der Waals surface area contributed by atoms with Crippen molar-refractivity contribution in [2.45, 2.75) is 40.2 Å². The molecule has 8 heteroatoms. The zero-order valence-corrected chi connectivity index (χ0v) is 38.0. The largest absolute Gasteiger partial charge is 1.00 e. The monoisotopic (exact) mass is 884 g/mol. The number of hydrogen-bond acceptors (Lipinski definition) is 5. The molecule has 0 amide bonds. The maximum absolute atomic E-state index is 12.4. The molecule has 1 N–H and O–H groups in total. The van der Waals surface area contributed by atoms with Crippen LogP contribution in [0.4, 0.5) is 0 Å². The van der Waals surface area contributed by atoms with E-state index in [1.165, 1.54) is 0 Å². The number of halogens is 2. The number of rotatable bonds is 7. The molecule has 0 bridgehead atoms. The third-order valence-electron chi connectivity index (χ3n) is 6.89. The Morgan fingerprint density at radius 3 is 1.39 bits per heavy atom. The summed E-state index contributed by atoms with van der Waals surface area (Å²) in [7, 11) is 0. The van der Waals surface area contributed by atoms with Gasteiger partial charge < -0.3 is 10.2 Å². The van der Waals surface area contributed by atoms with Gasteiger partial charge in [-0.3, -0.25) is 14.4 Å². The summed E-state index contributed by atoms with van der Waals surface area (Å²) in [6, 6.07) is 50.6. The molecule has 56 heavy (non-hydrogen) atoms. The van der Waals surface area contributed by atoms with Crippen molar-refractivity contribution in [3.8, 4) is 22.3 Å². The molecule has 0 unspecified atom stereocenters. The fraction of sp³-hybridized carbons (Fsp3) is 0.146. The molecule has 0 aliphatic rings. The van der Waals surface area contributed by atoms with Crippen molar-refractivity contribution in [1.82, 2.24) is 0 Å². The van der Waals surface area contributed by atoms with Gasteiger partial charge in [0.25, 0.3) is 0 Å². The SMILES string of the molecule is CC(=O)c1cccc(-c2ccccc2)c1.CC(C)(C)[O-].CCO.O=C(/C=C/c1cccc(Br)c1)c1cccc(-c2ccccc2)c1.O=Cc1cccc(Br)c1.[Na+]. The summed E-state index contributed by atoms with van der Waals surface area (Å²) < 4.78 is 1.94. The van der Waals surface area contributed by atoms with E-state index in [1.54, 1.807) is 52.8 Å². The third-order valence-corrected chi connectivity index (χ3v) is 7.88. The van der Waals surface area contributed by atoms with Crippen molar-refractivity contribution in [2.24, 2.45) is 0 Å². The molecule has 6 aromatic carbocycles. The number of hydrogen-bond donors (Lipinski definition) is 1. The van der Waals surface area contributed by atoms with Gasteiger partial charge in [0.05, 0.1) is 0 Å². The maximum Gasteiger partial charge on any atom is 1.00 e. The summed E-state index contributed by atoms with van der Waals surface area (Å²) >= 11 is 6.67. The Bertz CT molecular complexity index is 2090. The first kappa shape index (κ1) is 50.0. The number of aliphatic hydroxyl groups excluding tert-OH is 1. The number of aldehydes is 1. The fourth-order valence-electron chi connectivity index (χ4n) is 4.49. The minimum absolute atomic E-state index is 0. The average Bonchev–Trinajstić information content (AvgIpc) is 3.18. The number of carbonyl (C=O) groups is 3. The molecule has 0 aliphatic carbocycles. The molecule has 6 aromatic rings. The van der Waals surface area contributed by atoms with Crippen LogP contribution in [0, 0.1) is 0 Å². The van der Waals surface area contributed by atoms with E-state index in [-0.39, 0.29) is 47.7 Å². The van der Waals surface area contributed by atoms with Gasteiger partial charge in [-0.1, -0.05) is 180 Å². The summed E-state index contributed by atoms with van der Waals surface area (Å²) in [5, 5.41) is 17.7. The van der Waals surface area contributed by atoms with Gasteiger partial charge in [-0.05, 0) is 84.1 Å². The van der Waals surface area contributed by atoms with Crippen LogP contribution in [0.15, 0.2) is 173 Å². The van der Waals surface area contributed by atoms with Gasteiger partial charge in [0.2, 0.25) is 0 Å². The number of allylic oxidation sites excluding steroid dienone is 1. The Hall–Kier alpha value is -4.05. The predicted octanol–water partition coefficient (Wildman–Crippen LogP) is 8.98. The van der Waals surface area contributed by atoms with Crippen LogP contribution in [0.1, 0.15) is 71.3 Å². The van der Waals surface area contributed by atoms with Gasteiger partial charge in [0.1, 0.15) is 6.29 Å². The van der Waals surface area contributed by atoms with Gasteiger partial charge in [0, 0.05) is 32.2 Å². The van der Waals surface area contributed by atoms with Crippen LogP contribution in [0.3, 0.4) is 0 Å². The van der Waals surface area contributed by atoms with Crippen LogP contribution >= 0.6 is 31.9 Å². The van der Waals surface area contributed by atoms with Crippen molar-refractivity contribution >= 4 is 55.8 Å². The van der Waals surface area contributed by atoms with E-state index in [4.69, 9.17) is 5.11 Å². The molecule has 284 valence electrons. The van der Waals surface area contributed by atoms with Gasteiger partial charge in [0.15, 0.2) is 11.6 Å². The molecular formula is C48H47Br2NaO5. The minimum atomic E-state index is -0.750. The Kier molecular flexibility index (Phi) is 24.6. The van der Waals surface area contributed by atoms with Crippen LogP contribution in [0.25, 0.3) is 28.3 Å². The van der Waals surface area contributed by atoms with E-state index in [9.17, 15) is 19.5 Å². The summed E-state index contributed by atoms with van der Waals surface area (Å²) in [6.07, 6.45) is 4.28. The Morgan fingerprint density at radius 2 is 0.982 bits per heavy atom. The second kappa shape index (κ2) is 27.5. The standard InChI is InChI=1S/C21H15BrO.C14H12O.C7H5BrO.C4H9O.C2H6O.Na/c22-20-11-4-6-16(14-20)12-13-21(23)19-10-5-9-18(15-19)17-7-2-1-3-8-17;1-11(15)13-8-5-9-14(10-13)12-6-3-2-4-7-12;8-7-3-1-2-6(4-7)5-9;1-4(2,3)5;1-2-3;/h1-15H;2-10H,1H3;1-5H;1-3H3;3H,2H2,1H3;/q;;;-1;;+1/b13-12+;;;;;. The van der Waals surface area contributed by atoms with Gasteiger partial charge >= 0.3 is 29.6 Å².